The molecule has 0 aliphatic carbocycles. The van der Waals surface area contributed by atoms with Crippen LogP contribution >= 0.6 is 11.8 Å². The van der Waals surface area contributed by atoms with Crippen LogP contribution in [0, 0.1) is 0 Å². The number of thioether (sulfide) groups is 1. The van der Waals surface area contributed by atoms with E-state index >= 15 is 0 Å². The van der Waals surface area contributed by atoms with Crippen molar-refractivity contribution in [3.05, 3.63) is 0 Å². The number of amides is 1. The molecule has 0 aromatic rings. The number of hydrogen-bond donors (Lipinski definition) is 1. The minimum absolute atomic E-state index is 0. The standard InChI is InChI=1S/C3H5NOS.Cu/c5-3-4-1-2-6-3;/h1-2H2,(H,4,5);. The Bertz CT molecular complexity index is 69.3. The topological polar surface area (TPSA) is 29.1 Å². The Balaban J connectivity index is 0.000000360. The molecular weight excluding hydrogens is 162 g/mol. The Kier molecular flexibility index (Phi) is 3.52. The quantitative estimate of drug-likeness (QED) is 0.530. The van der Waals surface area contributed by atoms with E-state index in [9.17, 15) is 4.79 Å². The number of hydrogen-bond acceptors (Lipinski definition) is 2. The minimum atomic E-state index is 0. The molecule has 1 heterocycles. The van der Waals surface area contributed by atoms with Gasteiger partial charge in [0, 0.05) is 29.4 Å². The van der Waals surface area contributed by atoms with E-state index in [2.05, 4.69) is 5.32 Å². The maximum Gasteiger partial charge on any atom is 0.279 e. The maximum atomic E-state index is 10.1. The fourth-order valence-corrected chi connectivity index (χ4v) is 0.941. The van der Waals surface area contributed by atoms with Gasteiger partial charge in [-0.2, -0.15) is 0 Å². The Morgan fingerprint density at radius 3 is 2.57 bits per heavy atom. The summed E-state index contributed by atoms with van der Waals surface area (Å²) in [6.45, 7) is 0.851. The zero-order valence-corrected chi connectivity index (χ0v) is 5.29. The van der Waals surface area contributed by atoms with E-state index in [1.54, 1.807) is 0 Å². The molecule has 0 saturated carbocycles. The number of carbonyl (C=O) groups excluding carboxylic acids is 1. The molecule has 1 rings (SSSR count). The van der Waals surface area contributed by atoms with Crippen molar-refractivity contribution in [1.29, 1.82) is 0 Å². The van der Waals surface area contributed by atoms with Gasteiger partial charge in [0.25, 0.3) is 5.24 Å². The molecule has 1 aliphatic heterocycles. The van der Waals surface area contributed by atoms with Crippen LogP contribution in [0.2, 0.25) is 0 Å². The number of carbonyl (C=O) groups is 1. The van der Waals surface area contributed by atoms with Crippen LogP contribution in [0.3, 0.4) is 0 Å². The molecule has 1 N–H and O–H groups in total. The summed E-state index contributed by atoms with van der Waals surface area (Å²) in [5, 5.41) is 2.76. The molecule has 4 heteroatoms. The predicted octanol–water partition coefficient (Wildman–Crippen LogP) is 0.440. The second-order valence-electron chi connectivity index (χ2n) is 1.06. The second-order valence-corrected chi connectivity index (χ2v) is 2.13. The zero-order valence-electron chi connectivity index (χ0n) is 3.53. The van der Waals surface area contributed by atoms with Crippen molar-refractivity contribution < 1.29 is 21.9 Å². The molecule has 1 aliphatic rings. The first-order valence-corrected chi connectivity index (χ1v) is 2.79. The zero-order chi connectivity index (χ0) is 4.41. The molecule has 0 bridgehead atoms. The van der Waals surface area contributed by atoms with Gasteiger partial charge in [-0.05, 0) is 0 Å². The summed E-state index contributed by atoms with van der Waals surface area (Å²) < 4.78 is 0. The SMILES string of the molecule is O=C1NCCS1.[Cu]. The fourth-order valence-electron chi connectivity index (χ4n) is 0.348. The third-order valence-corrected chi connectivity index (χ3v) is 1.42. The summed E-state index contributed by atoms with van der Waals surface area (Å²) in [4.78, 5) is 10.1. The van der Waals surface area contributed by atoms with Crippen LogP contribution in [0.15, 0.2) is 0 Å². The maximum absolute atomic E-state index is 10.1. The van der Waals surface area contributed by atoms with E-state index in [1.807, 2.05) is 0 Å². The third kappa shape index (κ3) is 2.22. The summed E-state index contributed by atoms with van der Waals surface area (Å²) >= 11 is 1.35. The summed E-state index contributed by atoms with van der Waals surface area (Å²) in [5.74, 6) is 0.943. The molecular formula is C3H5CuNOS. The summed E-state index contributed by atoms with van der Waals surface area (Å²) in [6.07, 6.45) is 0. The normalized spacial score (nSPS) is 18.0. The van der Waals surface area contributed by atoms with Crippen LogP contribution in [0.1, 0.15) is 0 Å². The van der Waals surface area contributed by atoms with Crippen molar-refractivity contribution in [2.45, 2.75) is 0 Å². The minimum Gasteiger partial charge on any atom is -0.346 e. The van der Waals surface area contributed by atoms with Crippen LogP contribution in [0.5, 0.6) is 0 Å². The van der Waals surface area contributed by atoms with Crippen LogP contribution in [-0.4, -0.2) is 17.5 Å². The van der Waals surface area contributed by atoms with E-state index in [-0.39, 0.29) is 22.3 Å². The van der Waals surface area contributed by atoms with Gasteiger partial charge in [0.05, 0.1) is 0 Å². The van der Waals surface area contributed by atoms with E-state index < -0.39 is 0 Å². The molecule has 1 radical (unpaired) electrons. The Labute approximate surface area is 56.9 Å². The van der Waals surface area contributed by atoms with Crippen LogP contribution in [0.4, 0.5) is 4.79 Å². The summed E-state index contributed by atoms with van der Waals surface area (Å²) in [6, 6.07) is 0. The van der Waals surface area contributed by atoms with Gasteiger partial charge in [0.1, 0.15) is 0 Å². The van der Waals surface area contributed by atoms with Crippen molar-refractivity contribution in [1.82, 2.24) is 5.32 Å². The molecule has 0 aromatic heterocycles. The largest absolute Gasteiger partial charge is 0.346 e. The van der Waals surface area contributed by atoms with E-state index in [4.69, 9.17) is 0 Å². The van der Waals surface area contributed by atoms with Crippen LogP contribution in [-0.2, 0) is 17.1 Å². The smallest absolute Gasteiger partial charge is 0.279 e. The molecule has 1 fully saturated rings. The molecule has 1 saturated heterocycles. The van der Waals surface area contributed by atoms with Crippen LogP contribution in [0.25, 0.3) is 0 Å². The van der Waals surface area contributed by atoms with E-state index in [0.717, 1.165) is 12.3 Å². The molecule has 0 unspecified atom stereocenters. The van der Waals surface area contributed by atoms with Crippen molar-refractivity contribution >= 4 is 17.0 Å². The van der Waals surface area contributed by atoms with Gasteiger partial charge in [-0.15, -0.1) is 0 Å². The molecule has 1 amide bonds. The average molecular weight is 167 g/mol. The first-order valence-electron chi connectivity index (χ1n) is 1.80. The van der Waals surface area contributed by atoms with Crippen molar-refractivity contribution in [3.63, 3.8) is 0 Å². The molecule has 2 nitrogen and oxygen atoms in total. The van der Waals surface area contributed by atoms with Crippen molar-refractivity contribution in [3.8, 4) is 0 Å². The Hall–Kier alpha value is 0.339. The second kappa shape index (κ2) is 3.36. The first-order chi connectivity index (χ1) is 2.89. The summed E-state index contributed by atoms with van der Waals surface area (Å²) in [7, 11) is 0. The average Bonchev–Trinajstić information content (AvgIpc) is 1.86. The monoisotopic (exact) mass is 166 g/mol. The Morgan fingerprint density at radius 1 is 1.71 bits per heavy atom. The van der Waals surface area contributed by atoms with Gasteiger partial charge in [0.15, 0.2) is 0 Å². The van der Waals surface area contributed by atoms with E-state index in [1.165, 1.54) is 11.8 Å². The van der Waals surface area contributed by atoms with E-state index in [0.29, 0.717) is 0 Å². The first kappa shape index (κ1) is 7.34. The Morgan fingerprint density at radius 2 is 2.43 bits per heavy atom. The third-order valence-electron chi connectivity index (χ3n) is 0.605. The van der Waals surface area contributed by atoms with Gasteiger partial charge < -0.3 is 5.32 Å². The van der Waals surface area contributed by atoms with Crippen molar-refractivity contribution in [2.24, 2.45) is 0 Å². The molecule has 45 valence electrons. The number of nitrogens with one attached hydrogen (secondary N) is 1. The number of rotatable bonds is 0. The fraction of sp³-hybridized carbons (Fsp3) is 0.667. The van der Waals surface area contributed by atoms with Gasteiger partial charge in [-0.1, -0.05) is 11.8 Å². The summed E-state index contributed by atoms with van der Waals surface area (Å²) in [5.41, 5.74) is 0. The van der Waals surface area contributed by atoms with Gasteiger partial charge >= 0.3 is 0 Å². The molecule has 7 heavy (non-hydrogen) atoms. The predicted molar refractivity (Wildman–Crippen MR) is 25.9 cm³/mol. The molecule has 0 spiro atoms. The molecule has 0 atom stereocenters. The van der Waals surface area contributed by atoms with Crippen LogP contribution < -0.4 is 5.32 Å². The van der Waals surface area contributed by atoms with Crippen molar-refractivity contribution in [2.75, 3.05) is 12.3 Å². The van der Waals surface area contributed by atoms with Gasteiger partial charge in [0.2, 0.25) is 0 Å². The van der Waals surface area contributed by atoms with Gasteiger partial charge in [-0.3, -0.25) is 4.79 Å². The van der Waals surface area contributed by atoms with Gasteiger partial charge in [-0.25, -0.2) is 0 Å². The molecule has 0 aromatic carbocycles.